The number of allylic oxidation sites excluding steroid dienone is 1. The largest absolute Gasteiger partial charge is 0.235 e. The molecule has 0 amide bonds. The van der Waals surface area contributed by atoms with Gasteiger partial charge in [-0.05, 0) is 81.8 Å². The zero-order valence-corrected chi connectivity index (χ0v) is 20.9. The molecule has 0 aliphatic heterocycles. The van der Waals surface area contributed by atoms with Crippen molar-refractivity contribution in [2.75, 3.05) is 13.1 Å². The minimum atomic E-state index is -3.41. The summed E-state index contributed by atoms with van der Waals surface area (Å²) < 4.78 is 52.7. The Morgan fingerprint density at radius 1 is 1.00 bits per heavy atom. The zero-order chi connectivity index (χ0) is 23.2. The maximum absolute atomic E-state index is 12.0. The summed E-state index contributed by atoms with van der Waals surface area (Å²) in [5.74, 6) is 1.42. The standard InChI is InChI=1S/C23H38N2O4S2/c1-17(2)30(26,27)24-15-14-20-6-8-22(9-7-20)23-12-10-21(11-13-23)19(5)16-25-31(28,29)18(3)4/h6-9,18-19,21,23-25H,1,10-16H2,2-5H3. The van der Waals surface area contributed by atoms with E-state index in [0.29, 0.717) is 37.3 Å². The highest BCUT2D eigenvalue weighted by Crippen LogP contribution is 2.38. The summed E-state index contributed by atoms with van der Waals surface area (Å²) >= 11 is 0. The molecule has 1 aromatic carbocycles. The van der Waals surface area contributed by atoms with Crippen LogP contribution in [0.4, 0.5) is 0 Å². The molecular formula is C23H38N2O4S2. The van der Waals surface area contributed by atoms with Gasteiger partial charge in [0.25, 0.3) is 0 Å². The fraction of sp³-hybridized carbons (Fsp3) is 0.652. The topological polar surface area (TPSA) is 92.3 Å². The number of nitrogens with one attached hydrogen (secondary N) is 2. The molecule has 1 saturated carbocycles. The van der Waals surface area contributed by atoms with Gasteiger partial charge in [0.15, 0.2) is 0 Å². The fourth-order valence-electron chi connectivity index (χ4n) is 4.01. The van der Waals surface area contributed by atoms with Crippen molar-refractivity contribution < 1.29 is 16.8 Å². The summed E-state index contributed by atoms with van der Waals surface area (Å²) in [5.41, 5.74) is 2.44. The second-order valence-corrected chi connectivity index (χ2v) is 13.4. The van der Waals surface area contributed by atoms with Crippen LogP contribution in [0.5, 0.6) is 0 Å². The molecule has 1 aromatic rings. The number of benzene rings is 1. The van der Waals surface area contributed by atoms with Crippen LogP contribution in [0.15, 0.2) is 35.7 Å². The predicted octanol–water partition coefficient (Wildman–Crippen LogP) is 3.92. The molecule has 0 spiro atoms. The quantitative estimate of drug-likeness (QED) is 0.513. The summed E-state index contributed by atoms with van der Waals surface area (Å²) in [6.07, 6.45) is 5.09. The molecule has 176 valence electrons. The molecule has 0 heterocycles. The SMILES string of the molecule is C=C(C)S(=O)(=O)NCCc1ccc(C2CCC(C(C)CNS(=O)(=O)C(C)C)CC2)cc1. The summed E-state index contributed by atoms with van der Waals surface area (Å²) in [6, 6.07) is 8.49. The smallest absolute Gasteiger partial charge is 0.215 e. The van der Waals surface area contributed by atoms with Gasteiger partial charge in [0, 0.05) is 18.0 Å². The van der Waals surface area contributed by atoms with Crippen molar-refractivity contribution in [1.29, 1.82) is 0 Å². The minimum absolute atomic E-state index is 0.130. The monoisotopic (exact) mass is 470 g/mol. The van der Waals surface area contributed by atoms with Crippen molar-refractivity contribution in [3.8, 4) is 0 Å². The minimum Gasteiger partial charge on any atom is -0.215 e. The zero-order valence-electron chi connectivity index (χ0n) is 19.2. The second-order valence-electron chi connectivity index (χ2n) is 9.12. The summed E-state index contributed by atoms with van der Waals surface area (Å²) in [7, 11) is -6.61. The fourth-order valence-corrected chi connectivity index (χ4v) is 5.46. The molecule has 1 aliphatic rings. The van der Waals surface area contributed by atoms with Crippen molar-refractivity contribution in [2.24, 2.45) is 11.8 Å². The Bertz CT molecular complexity index is 930. The van der Waals surface area contributed by atoms with E-state index < -0.39 is 25.3 Å². The van der Waals surface area contributed by atoms with Gasteiger partial charge in [-0.15, -0.1) is 0 Å². The van der Waals surface area contributed by atoms with E-state index in [2.05, 4.69) is 47.2 Å². The van der Waals surface area contributed by atoms with Crippen LogP contribution in [0.2, 0.25) is 0 Å². The van der Waals surface area contributed by atoms with E-state index in [9.17, 15) is 16.8 Å². The van der Waals surface area contributed by atoms with Gasteiger partial charge in [-0.25, -0.2) is 26.3 Å². The Hall–Kier alpha value is -1.22. The van der Waals surface area contributed by atoms with Gasteiger partial charge >= 0.3 is 0 Å². The molecule has 2 rings (SSSR count). The van der Waals surface area contributed by atoms with Gasteiger partial charge in [-0.2, -0.15) is 0 Å². The second kappa shape index (κ2) is 11.1. The van der Waals surface area contributed by atoms with E-state index >= 15 is 0 Å². The van der Waals surface area contributed by atoms with Gasteiger partial charge in [-0.3, -0.25) is 0 Å². The highest BCUT2D eigenvalue weighted by atomic mass is 32.2. The molecule has 1 unspecified atom stereocenters. The first-order valence-corrected chi connectivity index (χ1v) is 14.2. The average Bonchev–Trinajstić information content (AvgIpc) is 2.72. The van der Waals surface area contributed by atoms with Crippen LogP contribution >= 0.6 is 0 Å². The lowest BCUT2D eigenvalue weighted by molar-refractivity contribution is 0.246. The lowest BCUT2D eigenvalue weighted by Crippen LogP contribution is -2.36. The molecule has 8 heteroatoms. The molecule has 31 heavy (non-hydrogen) atoms. The van der Waals surface area contributed by atoms with E-state index in [1.54, 1.807) is 13.8 Å². The van der Waals surface area contributed by atoms with Gasteiger partial charge in [0.05, 0.1) is 5.25 Å². The Morgan fingerprint density at radius 2 is 1.58 bits per heavy atom. The number of hydrogen-bond donors (Lipinski definition) is 2. The Kier molecular flexibility index (Phi) is 9.30. The third kappa shape index (κ3) is 7.70. The molecular weight excluding hydrogens is 432 g/mol. The molecule has 1 aliphatic carbocycles. The normalized spacial score (nSPS) is 21.2. The van der Waals surface area contributed by atoms with E-state index in [1.165, 1.54) is 12.5 Å². The molecule has 6 nitrogen and oxygen atoms in total. The average molecular weight is 471 g/mol. The van der Waals surface area contributed by atoms with Gasteiger partial charge in [0.1, 0.15) is 0 Å². The van der Waals surface area contributed by atoms with Crippen LogP contribution in [-0.4, -0.2) is 35.2 Å². The molecule has 1 atom stereocenters. The highest BCUT2D eigenvalue weighted by molar-refractivity contribution is 7.93. The maximum atomic E-state index is 12.0. The first-order chi connectivity index (χ1) is 14.4. The third-order valence-corrected chi connectivity index (χ3v) is 9.73. The third-order valence-electron chi connectivity index (χ3n) is 6.42. The summed E-state index contributed by atoms with van der Waals surface area (Å²) in [4.78, 5) is 0.130. The van der Waals surface area contributed by atoms with Crippen molar-refractivity contribution in [1.82, 2.24) is 9.44 Å². The molecule has 2 N–H and O–H groups in total. The number of rotatable bonds is 11. The first-order valence-electron chi connectivity index (χ1n) is 11.1. The highest BCUT2D eigenvalue weighted by Gasteiger charge is 2.27. The van der Waals surface area contributed by atoms with E-state index in [4.69, 9.17) is 0 Å². The molecule has 0 aromatic heterocycles. The van der Waals surface area contributed by atoms with Crippen LogP contribution in [0, 0.1) is 11.8 Å². The van der Waals surface area contributed by atoms with Crippen molar-refractivity contribution in [2.45, 2.75) is 71.0 Å². The van der Waals surface area contributed by atoms with Gasteiger partial charge in [0.2, 0.25) is 20.0 Å². The first kappa shape index (κ1) is 26.0. The lowest BCUT2D eigenvalue weighted by Gasteiger charge is -2.32. The Morgan fingerprint density at radius 3 is 2.10 bits per heavy atom. The van der Waals surface area contributed by atoms with Crippen molar-refractivity contribution >= 4 is 20.0 Å². The van der Waals surface area contributed by atoms with E-state index in [0.717, 1.165) is 31.2 Å². The van der Waals surface area contributed by atoms with Crippen LogP contribution in [0.25, 0.3) is 0 Å². The van der Waals surface area contributed by atoms with Crippen LogP contribution in [-0.2, 0) is 26.5 Å². The van der Waals surface area contributed by atoms with Gasteiger partial charge < -0.3 is 0 Å². The summed E-state index contributed by atoms with van der Waals surface area (Å²) in [5, 5.41) is -0.398. The number of sulfonamides is 2. The molecule has 0 bridgehead atoms. The van der Waals surface area contributed by atoms with E-state index in [1.807, 2.05) is 0 Å². The Labute approximate surface area is 189 Å². The van der Waals surface area contributed by atoms with Crippen LogP contribution in [0.3, 0.4) is 0 Å². The molecule has 1 fully saturated rings. The van der Waals surface area contributed by atoms with E-state index in [-0.39, 0.29) is 4.91 Å². The number of hydrogen-bond acceptors (Lipinski definition) is 4. The van der Waals surface area contributed by atoms with Crippen molar-refractivity contribution in [3.63, 3.8) is 0 Å². The summed E-state index contributed by atoms with van der Waals surface area (Å²) in [6.45, 7) is 11.4. The van der Waals surface area contributed by atoms with Gasteiger partial charge in [-0.1, -0.05) is 37.8 Å². The van der Waals surface area contributed by atoms with Crippen molar-refractivity contribution in [3.05, 3.63) is 46.9 Å². The molecule has 0 saturated heterocycles. The predicted molar refractivity (Wildman–Crippen MR) is 128 cm³/mol. The lowest BCUT2D eigenvalue weighted by atomic mass is 9.74. The molecule has 0 radical (unpaired) electrons. The maximum Gasteiger partial charge on any atom is 0.235 e. The van der Waals surface area contributed by atoms with Crippen LogP contribution in [0.1, 0.15) is 70.4 Å². The van der Waals surface area contributed by atoms with Crippen LogP contribution < -0.4 is 9.44 Å². The Balaban J connectivity index is 1.80.